The molecule has 0 radical (unpaired) electrons. The van der Waals surface area contributed by atoms with Crippen molar-refractivity contribution in [3.05, 3.63) is 76.9 Å². The van der Waals surface area contributed by atoms with Gasteiger partial charge >= 0.3 is 6.18 Å². The fraction of sp³-hybridized carbons (Fsp3) is 0.321. The van der Waals surface area contributed by atoms with E-state index < -0.39 is 46.1 Å². The van der Waals surface area contributed by atoms with Gasteiger partial charge in [0.2, 0.25) is 0 Å². The molecule has 1 N–H and O–H groups in total. The van der Waals surface area contributed by atoms with Gasteiger partial charge < -0.3 is 14.7 Å². The van der Waals surface area contributed by atoms with Crippen LogP contribution in [0.2, 0.25) is 0 Å². The Kier molecular flexibility index (Phi) is 10.8. The molecule has 3 aromatic rings. The molecule has 1 amide bonds. The first-order valence-corrected chi connectivity index (χ1v) is 12.8. The molecule has 0 atom stereocenters. The summed E-state index contributed by atoms with van der Waals surface area (Å²) >= 11 is 5.39. The van der Waals surface area contributed by atoms with Crippen LogP contribution in [0.4, 0.5) is 33.3 Å². The highest BCUT2D eigenvalue weighted by Gasteiger charge is 2.51. The van der Waals surface area contributed by atoms with E-state index in [2.05, 4.69) is 9.97 Å². The SMILES string of the molecule is C=O.CC.CC1(C)C(=O)N(c2cc(C(F)(F)F)c(C#N)cc2F)C(=S)N1c1ccc(CCCc2ncc[nH]2)c(F)c1. The van der Waals surface area contributed by atoms with E-state index in [9.17, 15) is 26.7 Å². The molecule has 0 aliphatic carbocycles. The summed E-state index contributed by atoms with van der Waals surface area (Å²) in [6.07, 6.45) is 0.0266. The fourth-order valence-corrected chi connectivity index (χ4v) is 4.77. The van der Waals surface area contributed by atoms with E-state index in [-0.39, 0.29) is 10.8 Å². The lowest BCUT2D eigenvalue weighted by molar-refractivity contribution is -0.137. The van der Waals surface area contributed by atoms with E-state index in [4.69, 9.17) is 22.3 Å². The molecule has 0 spiro atoms. The summed E-state index contributed by atoms with van der Waals surface area (Å²) in [5, 5.41) is 8.70. The van der Waals surface area contributed by atoms with Crippen LogP contribution in [0, 0.1) is 23.0 Å². The minimum Gasteiger partial charge on any atom is -0.349 e. The van der Waals surface area contributed by atoms with E-state index >= 15 is 0 Å². The Morgan fingerprint density at radius 3 is 2.29 bits per heavy atom. The van der Waals surface area contributed by atoms with Gasteiger partial charge in [0.25, 0.3) is 5.91 Å². The number of thiocarbonyl (C=S) groups is 1. The molecule has 2 aromatic carbocycles. The van der Waals surface area contributed by atoms with Crippen LogP contribution in [0.15, 0.2) is 42.7 Å². The second-order valence-electron chi connectivity index (χ2n) is 8.94. The monoisotopic (exact) mass is 593 g/mol. The van der Waals surface area contributed by atoms with Crippen molar-refractivity contribution in [3.63, 3.8) is 0 Å². The molecule has 1 aliphatic rings. The average Bonchev–Trinajstić information content (AvgIpc) is 3.51. The third-order valence-electron chi connectivity index (χ3n) is 6.13. The minimum atomic E-state index is -4.97. The molecule has 1 aromatic heterocycles. The standard InChI is InChI=1S/C25H20F5N5OS.C2H6.CH2O/c1-24(2)22(36)34(20-12-17(25(28,29)30)15(13-31)10-19(20)27)23(37)35(24)16-7-6-14(18(26)11-16)4-3-5-21-32-8-9-33-21;2*1-2/h6-12H,3-5H2,1-2H3,(H,32,33);1-2H3;1H2. The van der Waals surface area contributed by atoms with Crippen molar-refractivity contribution >= 4 is 41.4 Å². The van der Waals surface area contributed by atoms with E-state index in [0.717, 1.165) is 5.82 Å². The molecule has 0 bridgehead atoms. The Morgan fingerprint density at radius 1 is 1.10 bits per heavy atom. The maximum atomic E-state index is 15.0. The number of halogens is 5. The summed E-state index contributed by atoms with van der Waals surface area (Å²) < 4.78 is 70.4. The lowest BCUT2D eigenvalue weighted by atomic mass is 10.0. The van der Waals surface area contributed by atoms with Crippen molar-refractivity contribution in [2.75, 3.05) is 9.80 Å². The van der Waals surface area contributed by atoms with Gasteiger partial charge in [-0.2, -0.15) is 18.4 Å². The fourth-order valence-electron chi connectivity index (χ4n) is 4.26. The number of nitrogens with zero attached hydrogens (tertiary/aromatic N) is 4. The van der Waals surface area contributed by atoms with Crippen molar-refractivity contribution in [1.82, 2.24) is 9.97 Å². The normalized spacial score (nSPS) is 14.1. The number of carbonyl (C=O) groups excluding carboxylic acids is 2. The van der Waals surface area contributed by atoms with Crippen LogP contribution in [-0.4, -0.2) is 33.3 Å². The zero-order chi connectivity index (χ0) is 31.1. The predicted molar refractivity (Wildman–Crippen MR) is 148 cm³/mol. The summed E-state index contributed by atoms with van der Waals surface area (Å²) in [5.41, 5.74) is -3.93. The molecule has 4 rings (SSSR count). The summed E-state index contributed by atoms with van der Waals surface area (Å²) in [4.78, 5) is 30.3. The lowest BCUT2D eigenvalue weighted by Gasteiger charge is -2.29. The zero-order valence-corrected chi connectivity index (χ0v) is 23.6. The number of anilines is 2. The molecule has 13 heteroatoms. The molecule has 1 saturated heterocycles. The number of alkyl halides is 3. The largest absolute Gasteiger partial charge is 0.417 e. The first kappa shape index (κ1) is 33.0. The average molecular weight is 594 g/mol. The number of nitriles is 1. The molecule has 41 heavy (non-hydrogen) atoms. The first-order valence-electron chi connectivity index (χ1n) is 12.4. The number of imidazole rings is 1. The number of aromatic amines is 1. The second-order valence-corrected chi connectivity index (χ2v) is 9.31. The van der Waals surface area contributed by atoms with Crippen molar-refractivity contribution < 1.29 is 31.5 Å². The third kappa shape index (κ3) is 6.77. The highest BCUT2D eigenvalue weighted by atomic mass is 32.1. The molecular weight excluding hydrogens is 565 g/mol. The Hall–Kier alpha value is -4.18. The smallest absolute Gasteiger partial charge is 0.349 e. The van der Waals surface area contributed by atoms with Crippen LogP contribution in [-0.2, 0) is 28.6 Å². The molecule has 0 unspecified atom stereocenters. The first-order chi connectivity index (χ1) is 19.4. The number of benzene rings is 2. The molecule has 2 heterocycles. The lowest BCUT2D eigenvalue weighted by Crippen LogP contribution is -2.44. The Labute approximate surface area is 239 Å². The van der Waals surface area contributed by atoms with E-state index in [1.165, 1.54) is 30.9 Å². The highest BCUT2D eigenvalue weighted by Crippen LogP contribution is 2.41. The molecule has 218 valence electrons. The second kappa shape index (κ2) is 13.5. The van der Waals surface area contributed by atoms with Gasteiger partial charge in [0.05, 0.1) is 22.9 Å². The number of H-pyrrole nitrogens is 1. The molecule has 7 nitrogen and oxygen atoms in total. The topological polar surface area (TPSA) is 93.1 Å². The Morgan fingerprint density at radius 2 is 1.76 bits per heavy atom. The van der Waals surface area contributed by atoms with Gasteiger partial charge in [0.1, 0.15) is 29.8 Å². The van der Waals surface area contributed by atoms with E-state index in [1.807, 2.05) is 20.6 Å². The minimum absolute atomic E-state index is 0.184. The molecule has 1 aliphatic heterocycles. The van der Waals surface area contributed by atoms with Crippen LogP contribution in [0.3, 0.4) is 0 Å². The summed E-state index contributed by atoms with van der Waals surface area (Å²) in [6.45, 7) is 8.89. The number of nitrogens with one attached hydrogen (secondary N) is 1. The van der Waals surface area contributed by atoms with E-state index in [0.29, 0.717) is 41.9 Å². The summed E-state index contributed by atoms with van der Waals surface area (Å²) in [6, 6.07) is 6.40. The number of aromatic nitrogens is 2. The number of aryl methyl sites for hydroxylation is 2. The number of rotatable bonds is 6. The van der Waals surface area contributed by atoms with Crippen molar-refractivity contribution in [2.45, 2.75) is 58.7 Å². The highest BCUT2D eigenvalue weighted by molar-refractivity contribution is 7.81. The number of carbonyl (C=O) groups is 2. The third-order valence-corrected chi connectivity index (χ3v) is 6.50. The van der Waals surface area contributed by atoms with Gasteiger partial charge in [-0.1, -0.05) is 19.9 Å². The molecule has 1 fully saturated rings. The van der Waals surface area contributed by atoms with Crippen LogP contribution in [0.25, 0.3) is 0 Å². The van der Waals surface area contributed by atoms with Crippen molar-refractivity contribution in [3.8, 4) is 6.07 Å². The van der Waals surface area contributed by atoms with Gasteiger partial charge in [-0.25, -0.2) is 13.8 Å². The Balaban J connectivity index is 0.00000141. The van der Waals surface area contributed by atoms with Crippen molar-refractivity contribution in [1.29, 1.82) is 5.26 Å². The summed E-state index contributed by atoms with van der Waals surface area (Å²) in [5.74, 6) is -1.80. The summed E-state index contributed by atoms with van der Waals surface area (Å²) in [7, 11) is 0. The quantitative estimate of drug-likeness (QED) is 0.259. The number of hydrogen-bond donors (Lipinski definition) is 1. The van der Waals surface area contributed by atoms with Gasteiger partial charge in [-0.3, -0.25) is 9.69 Å². The number of hydrogen-bond acceptors (Lipinski definition) is 5. The van der Waals surface area contributed by atoms with Crippen molar-refractivity contribution in [2.24, 2.45) is 0 Å². The zero-order valence-electron chi connectivity index (χ0n) is 22.8. The van der Waals surface area contributed by atoms with Gasteiger partial charge in [-0.05, 0) is 68.7 Å². The van der Waals surface area contributed by atoms with Crippen LogP contribution >= 0.6 is 12.2 Å². The van der Waals surface area contributed by atoms with Crippen LogP contribution in [0.5, 0.6) is 0 Å². The Bertz CT molecular complexity index is 1430. The molecular formula is C28H28F5N5O2S. The van der Waals surface area contributed by atoms with Crippen LogP contribution in [0.1, 0.15) is 56.6 Å². The maximum absolute atomic E-state index is 15.0. The number of amides is 1. The van der Waals surface area contributed by atoms with Gasteiger partial charge in [-0.15, -0.1) is 0 Å². The van der Waals surface area contributed by atoms with E-state index in [1.54, 1.807) is 24.5 Å². The maximum Gasteiger partial charge on any atom is 0.417 e. The van der Waals surface area contributed by atoms with Gasteiger partial charge in [0, 0.05) is 24.5 Å². The van der Waals surface area contributed by atoms with Gasteiger partial charge in [0.15, 0.2) is 5.11 Å². The molecule has 0 saturated carbocycles. The van der Waals surface area contributed by atoms with Crippen LogP contribution < -0.4 is 9.80 Å². The predicted octanol–water partition coefficient (Wildman–Crippen LogP) is 6.51.